The summed E-state index contributed by atoms with van der Waals surface area (Å²) in [5.41, 5.74) is -0.796. The van der Waals surface area contributed by atoms with Crippen LogP contribution in [-0.2, 0) is 9.53 Å². The Bertz CT molecular complexity index is 352. The monoisotopic (exact) mass is 283 g/mol. The van der Waals surface area contributed by atoms with Gasteiger partial charge in [-0.3, -0.25) is 10.1 Å². The van der Waals surface area contributed by atoms with Crippen molar-refractivity contribution in [3.63, 3.8) is 0 Å². The van der Waals surface area contributed by atoms with Gasteiger partial charge in [0.15, 0.2) is 0 Å². The summed E-state index contributed by atoms with van der Waals surface area (Å²) >= 11 is 0. The molecule has 0 aromatic heterocycles. The quantitative estimate of drug-likeness (QED) is 0.719. The van der Waals surface area contributed by atoms with Crippen molar-refractivity contribution in [2.45, 2.75) is 82.9 Å². The number of nitrogens with one attached hydrogen (secondary N) is 1. The van der Waals surface area contributed by atoms with Crippen LogP contribution in [0.2, 0.25) is 0 Å². The third-order valence-electron chi connectivity index (χ3n) is 5.05. The van der Waals surface area contributed by atoms with E-state index in [4.69, 9.17) is 4.74 Å². The lowest BCUT2D eigenvalue weighted by Crippen LogP contribution is -2.56. The van der Waals surface area contributed by atoms with Crippen LogP contribution in [0.25, 0.3) is 0 Å². The molecule has 20 heavy (non-hydrogen) atoms. The summed E-state index contributed by atoms with van der Waals surface area (Å²) in [7, 11) is 0. The fraction of sp³-hybridized carbons (Fsp3) is 0.938. The minimum atomic E-state index is -0.694. The van der Waals surface area contributed by atoms with E-state index in [0.717, 1.165) is 44.9 Å². The van der Waals surface area contributed by atoms with Crippen LogP contribution in [0.15, 0.2) is 0 Å². The summed E-state index contributed by atoms with van der Waals surface area (Å²) in [6, 6.07) is 0.430. The second-order valence-corrected chi connectivity index (χ2v) is 7.03. The summed E-state index contributed by atoms with van der Waals surface area (Å²) in [4.78, 5) is 11.8. The van der Waals surface area contributed by atoms with Gasteiger partial charge < -0.3 is 9.84 Å². The van der Waals surface area contributed by atoms with Crippen molar-refractivity contribution < 1.29 is 14.6 Å². The van der Waals surface area contributed by atoms with Gasteiger partial charge in [-0.25, -0.2) is 0 Å². The van der Waals surface area contributed by atoms with Crippen molar-refractivity contribution in [2.75, 3.05) is 6.61 Å². The van der Waals surface area contributed by atoms with Crippen LogP contribution in [0.4, 0.5) is 0 Å². The Balaban J connectivity index is 1.92. The molecule has 4 nitrogen and oxygen atoms in total. The van der Waals surface area contributed by atoms with Gasteiger partial charge in [0.05, 0.1) is 5.60 Å². The maximum Gasteiger partial charge on any atom is 0.324 e. The van der Waals surface area contributed by atoms with Crippen molar-refractivity contribution in [3.8, 4) is 0 Å². The Morgan fingerprint density at radius 1 is 1.40 bits per heavy atom. The molecular formula is C16H29NO3. The van der Waals surface area contributed by atoms with Gasteiger partial charge in [-0.05, 0) is 58.3 Å². The molecule has 2 aliphatic rings. The average Bonchev–Trinajstić information content (AvgIpc) is 3.10. The maximum absolute atomic E-state index is 11.8. The maximum atomic E-state index is 11.8. The average molecular weight is 283 g/mol. The molecule has 116 valence electrons. The molecule has 2 N–H and O–H groups in total. The topological polar surface area (TPSA) is 58.6 Å². The highest BCUT2D eigenvalue weighted by molar-refractivity contribution is 5.80. The number of carbonyl (C=O) groups is 1. The van der Waals surface area contributed by atoms with E-state index in [2.05, 4.69) is 26.1 Å². The molecular weight excluding hydrogens is 254 g/mol. The summed E-state index contributed by atoms with van der Waals surface area (Å²) in [6.45, 7) is 6.96. The van der Waals surface area contributed by atoms with Crippen LogP contribution in [-0.4, -0.2) is 34.9 Å². The molecule has 2 unspecified atom stereocenters. The molecule has 0 bridgehead atoms. The van der Waals surface area contributed by atoms with Gasteiger partial charge >= 0.3 is 5.97 Å². The molecule has 0 saturated heterocycles. The van der Waals surface area contributed by atoms with E-state index in [1.165, 1.54) is 0 Å². The fourth-order valence-electron chi connectivity index (χ4n) is 3.17. The van der Waals surface area contributed by atoms with E-state index in [1.54, 1.807) is 0 Å². The third-order valence-corrected chi connectivity index (χ3v) is 5.05. The lowest BCUT2D eigenvalue weighted by atomic mass is 9.84. The molecule has 0 aromatic carbocycles. The predicted molar refractivity (Wildman–Crippen MR) is 78.8 cm³/mol. The summed E-state index contributed by atoms with van der Waals surface area (Å²) < 4.78 is 5.91. The van der Waals surface area contributed by atoms with E-state index in [1.807, 2.05) is 0 Å². The normalized spacial score (nSPS) is 30.6. The predicted octanol–water partition coefficient (Wildman–Crippen LogP) is 2.96. The molecule has 0 aliphatic heterocycles. The first kappa shape index (κ1) is 15.8. The van der Waals surface area contributed by atoms with Gasteiger partial charge in [0, 0.05) is 12.6 Å². The Hall–Kier alpha value is -0.610. The fourth-order valence-corrected chi connectivity index (χ4v) is 3.17. The van der Waals surface area contributed by atoms with Crippen LogP contribution < -0.4 is 5.32 Å². The molecule has 0 heterocycles. The number of carboxylic acid groups (broad SMARTS) is 1. The van der Waals surface area contributed by atoms with Gasteiger partial charge in [-0.15, -0.1) is 0 Å². The molecule has 2 atom stereocenters. The zero-order valence-electron chi connectivity index (χ0n) is 13.1. The largest absolute Gasteiger partial charge is 0.480 e. The lowest BCUT2D eigenvalue weighted by Gasteiger charge is -2.33. The van der Waals surface area contributed by atoms with Crippen LogP contribution in [0, 0.1) is 5.92 Å². The first-order valence-corrected chi connectivity index (χ1v) is 8.05. The zero-order chi connectivity index (χ0) is 14.8. The molecule has 2 saturated carbocycles. The first-order chi connectivity index (χ1) is 9.39. The lowest BCUT2D eigenvalue weighted by molar-refractivity contribution is -0.147. The molecule has 2 fully saturated rings. The van der Waals surface area contributed by atoms with E-state index in [0.29, 0.717) is 12.6 Å². The van der Waals surface area contributed by atoms with Crippen molar-refractivity contribution in [2.24, 2.45) is 5.92 Å². The Morgan fingerprint density at radius 3 is 2.65 bits per heavy atom. The molecule has 0 radical (unpaired) electrons. The van der Waals surface area contributed by atoms with Crippen molar-refractivity contribution in [3.05, 3.63) is 0 Å². The van der Waals surface area contributed by atoms with Crippen LogP contribution in [0.1, 0.15) is 65.7 Å². The van der Waals surface area contributed by atoms with Crippen LogP contribution >= 0.6 is 0 Å². The summed E-state index contributed by atoms with van der Waals surface area (Å²) in [5.74, 6) is -0.463. The highest BCUT2D eigenvalue weighted by atomic mass is 16.5. The molecule has 4 heteroatoms. The van der Waals surface area contributed by atoms with Gasteiger partial charge in [0.25, 0.3) is 0 Å². The SMILES string of the molecule is CCC(C)(C)OCCC1CCCC1(NC1CC1)C(=O)O. The minimum absolute atomic E-state index is 0.103. The second-order valence-electron chi connectivity index (χ2n) is 7.03. The number of ether oxygens (including phenoxy) is 1. The van der Waals surface area contributed by atoms with Gasteiger partial charge in [0.2, 0.25) is 0 Å². The number of aliphatic carboxylic acids is 1. The van der Waals surface area contributed by atoms with Gasteiger partial charge in [-0.2, -0.15) is 0 Å². The number of hydrogen-bond acceptors (Lipinski definition) is 3. The minimum Gasteiger partial charge on any atom is -0.480 e. The standard InChI is InChI=1S/C16H29NO3/c1-4-15(2,3)20-11-9-12-6-5-10-16(12,14(18)19)17-13-7-8-13/h12-13,17H,4-11H2,1-3H3,(H,18,19). The number of carboxylic acids is 1. The Labute approximate surface area is 122 Å². The first-order valence-electron chi connectivity index (χ1n) is 8.05. The van der Waals surface area contributed by atoms with E-state index in [-0.39, 0.29) is 11.5 Å². The Morgan fingerprint density at radius 2 is 2.10 bits per heavy atom. The number of hydrogen-bond donors (Lipinski definition) is 2. The zero-order valence-corrected chi connectivity index (χ0v) is 13.1. The third kappa shape index (κ3) is 3.53. The number of rotatable bonds is 8. The Kier molecular flexibility index (Phi) is 4.75. The summed E-state index contributed by atoms with van der Waals surface area (Å²) in [5, 5.41) is 13.1. The highest BCUT2D eigenvalue weighted by Gasteiger charge is 2.51. The molecule has 0 spiro atoms. The van der Waals surface area contributed by atoms with Crippen LogP contribution in [0.5, 0.6) is 0 Å². The van der Waals surface area contributed by atoms with Crippen molar-refractivity contribution in [1.82, 2.24) is 5.32 Å². The molecule has 2 rings (SSSR count). The van der Waals surface area contributed by atoms with Crippen molar-refractivity contribution in [1.29, 1.82) is 0 Å². The smallest absolute Gasteiger partial charge is 0.324 e. The highest BCUT2D eigenvalue weighted by Crippen LogP contribution is 2.41. The van der Waals surface area contributed by atoms with Gasteiger partial charge in [-0.1, -0.05) is 13.3 Å². The molecule has 0 amide bonds. The van der Waals surface area contributed by atoms with E-state index >= 15 is 0 Å². The van der Waals surface area contributed by atoms with Crippen LogP contribution in [0.3, 0.4) is 0 Å². The van der Waals surface area contributed by atoms with E-state index in [9.17, 15) is 9.90 Å². The van der Waals surface area contributed by atoms with E-state index < -0.39 is 11.5 Å². The van der Waals surface area contributed by atoms with Gasteiger partial charge in [0.1, 0.15) is 5.54 Å². The molecule has 0 aromatic rings. The second kappa shape index (κ2) is 6.02. The van der Waals surface area contributed by atoms with Crippen molar-refractivity contribution >= 4 is 5.97 Å². The summed E-state index contributed by atoms with van der Waals surface area (Å²) in [6.07, 6.45) is 6.84. The molecule has 2 aliphatic carbocycles.